The number of phosphoric ester groups is 1. The molecular formula is C41H81N2O6P. The molecule has 0 aromatic carbocycles. The van der Waals surface area contributed by atoms with Crippen molar-refractivity contribution in [3.05, 3.63) is 24.3 Å². The third-order valence-corrected chi connectivity index (χ3v) is 10.3. The number of rotatable bonds is 39. The first-order chi connectivity index (χ1) is 24.4. The Morgan fingerprint density at radius 1 is 0.640 bits per heavy atom. The van der Waals surface area contributed by atoms with Gasteiger partial charge in [0.1, 0.15) is 0 Å². The summed E-state index contributed by atoms with van der Waals surface area (Å²) < 4.78 is 22.0. The molecule has 296 valence electrons. The fourth-order valence-electron chi connectivity index (χ4n) is 6.07. The van der Waals surface area contributed by atoms with Crippen molar-refractivity contribution in [2.45, 2.75) is 212 Å². The van der Waals surface area contributed by atoms with Gasteiger partial charge in [-0.15, -0.1) is 0 Å². The molecule has 0 aliphatic carbocycles. The molecule has 3 unspecified atom stereocenters. The van der Waals surface area contributed by atoms with Crippen LogP contribution in [0.25, 0.3) is 0 Å². The van der Waals surface area contributed by atoms with E-state index in [-0.39, 0.29) is 25.7 Å². The van der Waals surface area contributed by atoms with E-state index in [1.807, 2.05) is 6.08 Å². The number of aliphatic hydroxyl groups excluding tert-OH is 1. The fourth-order valence-corrected chi connectivity index (χ4v) is 6.83. The summed E-state index contributed by atoms with van der Waals surface area (Å²) in [6.07, 6.45) is 42.5. The van der Waals surface area contributed by atoms with Crippen LogP contribution in [0.15, 0.2) is 24.3 Å². The molecular weight excluding hydrogens is 647 g/mol. The van der Waals surface area contributed by atoms with Crippen molar-refractivity contribution in [1.29, 1.82) is 0 Å². The highest BCUT2D eigenvalue weighted by molar-refractivity contribution is 7.47. The Labute approximate surface area is 308 Å². The molecule has 0 aromatic heterocycles. The van der Waals surface area contributed by atoms with Gasteiger partial charge < -0.3 is 21.1 Å². The van der Waals surface area contributed by atoms with Crippen molar-refractivity contribution in [3.63, 3.8) is 0 Å². The minimum Gasteiger partial charge on any atom is -0.387 e. The van der Waals surface area contributed by atoms with Crippen LogP contribution >= 0.6 is 7.82 Å². The van der Waals surface area contributed by atoms with E-state index >= 15 is 0 Å². The molecule has 0 aliphatic heterocycles. The molecule has 50 heavy (non-hydrogen) atoms. The minimum atomic E-state index is -4.33. The van der Waals surface area contributed by atoms with E-state index in [1.54, 1.807) is 6.08 Å². The van der Waals surface area contributed by atoms with Crippen molar-refractivity contribution in [2.24, 2.45) is 5.73 Å². The van der Waals surface area contributed by atoms with E-state index < -0.39 is 20.0 Å². The molecule has 3 atom stereocenters. The second-order valence-corrected chi connectivity index (χ2v) is 15.7. The standard InChI is InChI=1S/C41H81N2O6P/c1-3-5-7-9-11-13-14-15-16-17-18-19-20-21-22-23-24-25-26-27-29-31-33-35-41(45)43-39(38-49-50(46,47)48-37-36-42)40(44)34-32-30-28-12-10-8-6-4-2/h17-18,32,34,39-40,44H,3-16,19-31,33,35-38,42H2,1-2H3,(H,43,45)(H,46,47)/b18-17-,34-32+. The van der Waals surface area contributed by atoms with Gasteiger partial charge in [0.15, 0.2) is 0 Å². The molecule has 0 radical (unpaired) electrons. The van der Waals surface area contributed by atoms with Crippen LogP contribution in [-0.2, 0) is 18.4 Å². The second-order valence-electron chi connectivity index (χ2n) is 14.2. The van der Waals surface area contributed by atoms with Crippen molar-refractivity contribution < 1.29 is 28.4 Å². The smallest absolute Gasteiger partial charge is 0.387 e. The molecule has 8 nitrogen and oxygen atoms in total. The molecule has 0 heterocycles. The molecule has 9 heteroatoms. The number of amides is 1. The van der Waals surface area contributed by atoms with Gasteiger partial charge >= 0.3 is 7.82 Å². The summed E-state index contributed by atoms with van der Waals surface area (Å²) in [6.45, 7) is 4.09. The maximum absolute atomic E-state index is 12.7. The normalized spacial score (nSPS) is 14.4. The maximum Gasteiger partial charge on any atom is 0.472 e. The summed E-state index contributed by atoms with van der Waals surface area (Å²) in [7, 11) is -4.33. The zero-order valence-corrected chi connectivity index (χ0v) is 33.5. The number of unbranched alkanes of at least 4 members (excludes halogenated alkanes) is 25. The van der Waals surface area contributed by atoms with Gasteiger partial charge in [-0.1, -0.05) is 173 Å². The van der Waals surface area contributed by atoms with Crippen molar-refractivity contribution in [2.75, 3.05) is 19.8 Å². The number of phosphoric acid groups is 1. The largest absolute Gasteiger partial charge is 0.472 e. The second kappa shape index (κ2) is 37.7. The van der Waals surface area contributed by atoms with Crippen LogP contribution in [-0.4, -0.2) is 47.8 Å². The molecule has 0 spiro atoms. The highest BCUT2D eigenvalue weighted by Gasteiger charge is 2.26. The summed E-state index contributed by atoms with van der Waals surface area (Å²) in [6, 6.07) is -0.855. The third kappa shape index (κ3) is 35.4. The lowest BCUT2D eigenvalue weighted by Crippen LogP contribution is -2.45. The number of aliphatic hydroxyl groups is 1. The van der Waals surface area contributed by atoms with Gasteiger partial charge in [-0.2, -0.15) is 0 Å². The number of carbonyl (C=O) groups excluding carboxylic acids is 1. The summed E-state index contributed by atoms with van der Waals surface area (Å²) >= 11 is 0. The zero-order chi connectivity index (χ0) is 36.8. The van der Waals surface area contributed by atoms with E-state index in [4.69, 9.17) is 14.8 Å². The Balaban J connectivity index is 4.00. The van der Waals surface area contributed by atoms with Gasteiger partial charge in [0, 0.05) is 13.0 Å². The lowest BCUT2D eigenvalue weighted by Gasteiger charge is -2.23. The number of nitrogens with one attached hydrogen (secondary N) is 1. The number of nitrogens with two attached hydrogens (primary N) is 1. The van der Waals surface area contributed by atoms with Gasteiger partial charge in [-0.05, 0) is 44.9 Å². The average molecular weight is 729 g/mol. The number of carbonyl (C=O) groups is 1. The third-order valence-electron chi connectivity index (χ3n) is 9.27. The van der Waals surface area contributed by atoms with Gasteiger partial charge in [0.2, 0.25) is 5.91 Å². The van der Waals surface area contributed by atoms with Crippen molar-refractivity contribution >= 4 is 13.7 Å². The molecule has 0 aliphatic rings. The zero-order valence-electron chi connectivity index (χ0n) is 32.6. The molecule has 0 saturated carbocycles. The number of hydrogen-bond donors (Lipinski definition) is 4. The van der Waals surface area contributed by atoms with Crippen molar-refractivity contribution in [3.8, 4) is 0 Å². The van der Waals surface area contributed by atoms with E-state index in [0.29, 0.717) is 6.42 Å². The summed E-state index contributed by atoms with van der Waals surface area (Å²) in [5.41, 5.74) is 5.35. The number of allylic oxidation sites excluding steroid dienone is 3. The highest BCUT2D eigenvalue weighted by Crippen LogP contribution is 2.43. The van der Waals surface area contributed by atoms with Crippen molar-refractivity contribution in [1.82, 2.24) is 5.32 Å². The first-order valence-corrected chi connectivity index (χ1v) is 22.5. The van der Waals surface area contributed by atoms with Gasteiger partial charge in [-0.3, -0.25) is 13.8 Å². The van der Waals surface area contributed by atoms with Crippen LogP contribution in [0.3, 0.4) is 0 Å². The molecule has 0 saturated heterocycles. The van der Waals surface area contributed by atoms with E-state index in [9.17, 15) is 19.4 Å². The Hall–Kier alpha value is -1.02. The van der Waals surface area contributed by atoms with Crippen LogP contribution in [0.2, 0.25) is 0 Å². The molecule has 0 bridgehead atoms. The monoisotopic (exact) mass is 729 g/mol. The minimum absolute atomic E-state index is 0.0790. The predicted molar refractivity (Wildman–Crippen MR) is 212 cm³/mol. The summed E-state index contributed by atoms with van der Waals surface area (Å²) in [4.78, 5) is 22.6. The van der Waals surface area contributed by atoms with E-state index in [0.717, 1.165) is 38.5 Å². The lowest BCUT2D eigenvalue weighted by molar-refractivity contribution is -0.123. The Morgan fingerprint density at radius 3 is 1.48 bits per heavy atom. The van der Waals surface area contributed by atoms with Gasteiger partial charge in [0.05, 0.1) is 25.4 Å². The molecule has 5 N–H and O–H groups in total. The first-order valence-electron chi connectivity index (χ1n) is 21.0. The fraction of sp³-hybridized carbons (Fsp3) is 0.878. The molecule has 0 fully saturated rings. The van der Waals surface area contributed by atoms with Crippen LogP contribution in [0.1, 0.15) is 200 Å². The SMILES string of the molecule is CCCCCCCC/C=C/C(O)C(COP(=O)(O)OCCN)NC(=O)CCCCCCCCCCCCC/C=C\CCCCCCCCCC. The summed E-state index contributed by atoms with van der Waals surface area (Å²) in [5.74, 6) is -0.198. The molecule has 0 rings (SSSR count). The van der Waals surface area contributed by atoms with Gasteiger partial charge in [-0.25, -0.2) is 4.57 Å². The van der Waals surface area contributed by atoms with Crippen LogP contribution < -0.4 is 11.1 Å². The maximum atomic E-state index is 12.7. The van der Waals surface area contributed by atoms with E-state index in [2.05, 4.69) is 31.3 Å². The topological polar surface area (TPSA) is 131 Å². The Morgan fingerprint density at radius 2 is 1.04 bits per heavy atom. The Bertz CT molecular complexity index is 840. The predicted octanol–water partition coefficient (Wildman–Crippen LogP) is 11.4. The van der Waals surface area contributed by atoms with Crippen LogP contribution in [0.5, 0.6) is 0 Å². The Kier molecular flexibility index (Phi) is 37.0. The molecule has 1 amide bonds. The first kappa shape index (κ1) is 49.0. The van der Waals surface area contributed by atoms with E-state index in [1.165, 1.54) is 141 Å². The number of hydrogen-bond acceptors (Lipinski definition) is 6. The van der Waals surface area contributed by atoms with Gasteiger partial charge in [0.25, 0.3) is 0 Å². The quantitative estimate of drug-likeness (QED) is 0.0281. The molecule has 0 aromatic rings. The lowest BCUT2D eigenvalue weighted by atomic mass is 10.0. The van der Waals surface area contributed by atoms with Crippen LogP contribution in [0.4, 0.5) is 0 Å². The average Bonchev–Trinajstić information content (AvgIpc) is 3.10. The van der Waals surface area contributed by atoms with Crippen LogP contribution in [0, 0.1) is 0 Å². The summed E-state index contributed by atoms with van der Waals surface area (Å²) in [5, 5.41) is 13.5. The highest BCUT2D eigenvalue weighted by atomic mass is 31.2.